The summed E-state index contributed by atoms with van der Waals surface area (Å²) in [6, 6.07) is 1.59. The number of ether oxygens (including phenoxy) is 1. The Morgan fingerprint density at radius 2 is 1.85 bits per heavy atom. The van der Waals surface area contributed by atoms with Gasteiger partial charge in [0.25, 0.3) is 0 Å². The standard InChI is InChI=1S/C17H34N2O/c1-14-10-15(2)12-17(11-14)19-8-5-4-6-16(19)13-18-7-9-20-3/h14-18H,4-13H2,1-3H3. The molecule has 1 aliphatic heterocycles. The predicted octanol–water partition coefficient (Wildman–Crippen LogP) is 2.90. The second kappa shape index (κ2) is 8.35. The fourth-order valence-corrected chi connectivity index (χ4v) is 4.34. The molecule has 2 rings (SSSR count). The van der Waals surface area contributed by atoms with Crippen molar-refractivity contribution in [2.45, 2.75) is 64.5 Å². The number of nitrogens with one attached hydrogen (secondary N) is 1. The maximum absolute atomic E-state index is 5.13. The molecule has 3 atom stereocenters. The fraction of sp³-hybridized carbons (Fsp3) is 1.00. The van der Waals surface area contributed by atoms with Gasteiger partial charge in [-0.2, -0.15) is 0 Å². The lowest BCUT2D eigenvalue weighted by Crippen LogP contribution is -2.52. The molecular formula is C17H34N2O. The van der Waals surface area contributed by atoms with E-state index in [-0.39, 0.29) is 0 Å². The van der Waals surface area contributed by atoms with Crippen molar-refractivity contribution in [1.29, 1.82) is 0 Å². The molecule has 3 heteroatoms. The number of hydrogen-bond donors (Lipinski definition) is 1. The molecule has 1 N–H and O–H groups in total. The second-order valence-electron chi connectivity index (χ2n) is 7.16. The Hall–Kier alpha value is -0.120. The van der Waals surface area contributed by atoms with Gasteiger partial charge in [-0.1, -0.05) is 20.3 Å². The zero-order chi connectivity index (χ0) is 14.4. The Labute approximate surface area is 125 Å². The van der Waals surface area contributed by atoms with Crippen molar-refractivity contribution < 1.29 is 4.74 Å². The normalized spacial score (nSPS) is 36.1. The topological polar surface area (TPSA) is 24.5 Å². The maximum Gasteiger partial charge on any atom is 0.0587 e. The summed E-state index contributed by atoms with van der Waals surface area (Å²) in [6.07, 6.45) is 8.44. The second-order valence-corrected chi connectivity index (χ2v) is 7.16. The van der Waals surface area contributed by atoms with Crippen LogP contribution in [0.15, 0.2) is 0 Å². The highest BCUT2D eigenvalue weighted by molar-refractivity contribution is 4.88. The Balaban J connectivity index is 1.85. The largest absolute Gasteiger partial charge is 0.383 e. The van der Waals surface area contributed by atoms with E-state index in [0.29, 0.717) is 0 Å². The van der Waals surface area contributed by atoms with Crippen LogP contribution in [0.1, 0.15) is 52.4 Å². The van der Waals surface area contributed by atoms with Crippen LogP contribution in [0.2, 0.25) is 0 Å². The van der Waals surface area contributed by atoms with Crippen molar-refractivity contribution in [2.24, 2.45) is 11.8 Å². The van der Waals surface area contributed by atoms with Gasteiger partial charge in [0, 0.05) is 32.3 Å². The number of piperidine rings is 1. The quantitative estimate of drug-likeness (QED) is 0.758. The van der Waals surface area contributed by atoms with Crippen molar-refractivity contribution in [3.63, 3.8) is 0 Å². The first-order valence-corrected chi connectivity index (χ1v) is 8.66. The highest BCUT2D eigenvalue weighted by Crippen LogP contribution is 2.34. The molecular weight excluding hydrogens is 248 g/mol. The van der Waals surface area contributed by atoms with E-state index < -0.39 is 0 Å². The van der Waals surface area contributed by atoms with Crippen molar-refractivity contribution in [3.05, 3.63) is 0 Å². The van der Waals surface area contributed by atoms with Crippen LogP contribution in [-0.4, -0.2) is 50.3 Å². The van der Waals surface area contributed by atoms with Crippen LogP contribution in [0.3, 0.4) is 0 Å². The Kier molecular flexibility index (Phi) is 6.79. The molecule has 2 aliphatic rings. The third-order valence-corrected chi connectivity index (χ3v) is 5.16. The van der Waals surface area contributed by atoms with Crippen LogP contribution >= 0.6 is 0 Å². The molecule has 1 aliphatic carbocycles. The minimum Gasteiger partial charge on any atom is -0.383 e. The zero-order valence-electron chi connectivity index (χ0n) is 13.7. The number of rotatable bonds is 6. The van der Waals surface area contributed by atoms with E-state index in [1.807, 2.05) is 0 Å². The monoisotopic (exact) mass is 282 g/mol. The van der Waals surface area contributed by atoms with Gasteiger partial charge in [0.05, 0.1) is 6.61 Å². The third-order valence-electron chi connectivity index (χ3n) is 5.16. The summed E-state index contributed by atoms with van der Waals surface area (Å²) in [7, 11) is 1.78. The molecule has 0 aromatic heterocycles. The van der Waals surface area contributed by atoms with Gasteiger partial charge in [-0.3, -0.25) is 4.90 Å². The van der Waals surface area contributed by atoms with E-state index in [4.69, 9.17) is 4.74 Å². The van der Waals surface area contributed by atoms with E-state index in [9.17, 15) is 0 Å². The maximum atomic E-state index is 5.13. The van der Waals surface area contributed by atoms with Gasteiger partial charge in [0.1, 0.15) is 0 Å². The van der Waals surface area contributed by atoms with Crippen LogP contribution in [0.5, 0.6) is 0 Å². The Morgan fingerprint density at radius 1 is 1.10 bits per heavy atom. The van der Waals surface area contributed by atoms with Gasteiger partial charge in [-0.05, 0) is 50.5 Å². The summed E-state index contributed by atoms with van der Waals surface area (Å²) in [5.74, 6) is 1.82. The van der Waals surface area contributed by atoms with Crippen molar-refractivity contribution >= 4 is 0 Å². The lowest BCUT2D eigenvalue weighted by molar-refractivity contribution is 0.0458. The van der Waals surface area contributed by atoms with Gasteiger partial charge >= 0.3 is 0 Å². The summed E-state index contributed by atoms with van der Waals surface area (Å²) in [4.78, 5) is 2.84. The lowest BCUT2D eigenvalue weighted by Gasteiger charge is -2.45. The van der Waals surface area contributed by atoms with E-state index in [1.165, 1.54) is 45.1 Å². The number of likely N-dealkylation sites (tertiary alicyclic amines) is 1. The highest BCUT2D eigenvalue weighted by Gasteiger charge is 2.33. The first kappa shape index (κ1) is 16.3. The molecule has 0 aromatic carbocycles. The number of hydrogen-bond acceptors (Lipinski definition) is 3. The summed E-state index contributed by atoms with van der Waals surface area (Å²) in [6.45, 7) is 9.16. The summed E-state index contributed by atoms with van der Waals surface area (Å²) >= 11 is 0. The van der Waals surface area contributed by atoms with Crippen LogP contribution in [0.25, 0.3) is 0 Å². The van der Waals surface area contributed by atoms with Crippen molar-refractivity contribution in [1.82, 2.24) is 10.2 Å². The van der Waals surface area contributed by atoms with E-state index in [0.717, 1.165) is 43.6 Å². The molecule has 0 aromatic rings. The lowest BCUT2D eigenvalue weighted by atomic mass is 9.78. The Bertz CT molecular complexity index is 262. The third kappa shape index (κ3) is 4.71. The molecule has 1 heterocycles. The predicted molar refractivity (Wildman–Crippen MR) is 85.1 cm³/mol. The van der Waals surface area contributed by atoms with Gasteiger partial charge in [-0.15, -0.1) is 0 Å². The average molecular weight is 282 g/mol. The van der Waals surface area contributed by atoms with Gasteiger partial charge in [0.2, 0.25) is 0 Å². The molecule has 3 nitrogen and oxygen atoms in total. The SMILES string of the molecule is COCCNCC1CCCCN1C1CC(C)CC(C)C1. The number of methoxy groups -OCH3 is 1. The van der Waals surface area contributed by atoms with Crippen LogP contribution in [-0.2, 0) is 4.74 Å². The van der Waals surface area contributed by atoms with Crippen LogP contribution < -0.4 is 5.32 Å². The molecule has 1 saturated heterocycles. The van der Waals surface area contributed by atoms with Crippen molar-refractivity contribution in [2.75, 3.05) is 33.4 Å². The molecule has 3 unspecified atom stereocenters. The minimum absolute atomic E-state index is 0.753. The molecule has 0 radical (unpaired) electrons. The van der Waals surface area contributed by atoms with E-state index >= 15 is 0 Å². The highest BCUT2D eigenvalue weighted by atomic mass is 16.5. The van der Waals surface area contributed by atoms with Gasteiger partial charge < -0.3 is 10.1 Å². The summed E-state index contributed by atoms with van der Waals surface area (Å²) < 4.78 is 5.13. The number of nitrogens with zero attached hydrogens (tertiary/aromatic N) is 1. The average Bonchev–Trinajstić information content (AvgIpc) is 2.43. The van der Waals surface area contributed by atoms with Crippen molar-refractivity contribution in [3.8, 4) is 0 Å². The molecule has 20 heavy (non-hydrogen) atoms. The minimum atomic E-state index is 0.753. The molecule has 0 spiro atoms. The summed E-state index contributed by atoms with van der Waals surface area (Å²) in [5, 5.41) is 3.58. The Morgan fingerprint density at radius 3 is 2.55 bits per heavy atom. The molecule has 1 saturated carbocycles. The van der Waals surface area contributed by atoms with E-state index in [1.54, 1.807) is 7.11 Å². The smallest absolute Gasteiger partial charge is 0.0587 e. The zero-order valence-corrected chi connectivity index (χ0v) is 13.7. The van der Waals surface area contributed by atoms with Crippen LogP contribution in [0.4, 0.5) is 0 Å². The molecule has 0 bridgehead atoms. The fourth-order valence-electron chi connectivity index (χ4n) is 4.34. The van der Waals surface area contributed by atoms with Gasteiger partial charge in [-0.25, -0.2) is 0 Å². The van der Waals surface area contributed by atoms with E-state index in [2.05, 4.69) is 24.1 Å². The molecule has 2 fully saturated rings. The molecule has 0 amide bonds. The van der Waals surface area contributed by atoms with Crippen LogP contribution in [0, 0.1) is 11.8 Å². The molecule has 118 valence electrons. The first-order valence-electron chi connectivity index (χ1n) is 8.66. The van der Waals surface area contributed by atoms with Gasteiger partial charge in [0.15, 0.2) is 0 Å². The summed E-state index contributed by atoms with van der Waals surface area (Å²) in [5.41, 5.74) is 0. The first-order chi connectivity index (χ1) is 9.70.